The lowest BCUT2D eigenvalue weighted by Gasteiger charge is -2.18. The first kappa shape index (κ1) is 19.3. The molecule has 0 aliphatic carbocycles. The van der Waals surface area contributed by atoms with Gasteiger partial charge in [-0.3, -0.25) is 9.48 Å². The van der Waals surface area contributed by atoms with E-state index < -0.39 is 0 Å². The molecule has 0 radical (unpaired) electrons. The molecule has 8 heteroatoms. The van der Waals surface area contributed by atoms with Crippen molar-refractivity contribution in [3.05, 3.63) is 53.0 Å². The maximum atomic E-state index is 12.7. The molecule has 4 aromatic rings. The number of aromatic nitrogens is 5. The predicted octanol–water partition coefficient (Wildman–Crippen LogP) is 4.38. The van der Waals surface area contributed by atoms with E-state index in [0.717, 1.165) is 21.6 Å². The summed E-state index contributed by atoms with van der Waals surface area (Å²) < 4.78 is 4.46. The molecular weight excluding hydrogens is 384 g/mol. The third kappa shape index (κ3) is 3.67. The van der Waals surface area contributed by atoms with E-state index in [-0.39, 0.29) is 11.3 Å². The Kier molecular flexibility index (Phi) is 4.53. The molecule has 3 heterocycles. The Morgan fingerprint density at radius 3 is 2.52 bits per heavy atom. The van der Waals surface area contributed by atoms with Gasteiger partial charge in [-0.1, -0.05) is 38.2 Å². The lowest BCUT2D eigenvalue weighted by Crippen LogP contribution is -2.16. The highest BCUT2D eigenvalue weighted by Gasteiger charge is 2.19. The number of thiazole rings is 1. The van der Waals surface area contributed by atoms with Crippen LogP contribution < -0.4 is 5.32 Å². The van der Waals surface area contributed by atoms with Gasteiger partial charge in [0.15, 0.2) is 5.69 Å². The average molecular weight is 409 g/mol. The van der Waals surface area contributed by atoms with Gasteiger partial charge in [-0.2, -0.15) is 14.9 Å². The van der Waals surface area contributed by atoms with E-state index in [9.17, 15) is 4.79 Å². The Labute approximate surface area is 173 Å². The summed E-state index contributed by atoms with van der Waals surface area (Å²) >= 11 is 1.56. The summed E-state index contributed by atoms with van der Waals surface area (Å²) in [6, 6.07) is 9.93. The van der Waals surface area contributed by atoms with Crippen molar-refractivity contribution >= 4 is 33.3 Å². The van der Waals surface area contributed by atoms with E-state index in [0.29, 0.717) is 16.6 Å². The van der Waals surface area contributed by atoms with Crippen LogP contribution in [-0.4, -0.2) is 30.5 Å². The Bertz CT molecular complexity index is 1200. The second kappa shape index (κ2) is 6.81. The number of fused-ring (bicyclic) bond motifs is 1. The molecule has 150 valence electrons. The Morgan fingerprint density at radius 1 is 1.10 bits per heavy atom. The standard InChI is InChI=1S/C21H24N6OS/c1-12-9-18(23-19(28)16-10-13(2)26(6)25-16)27(24-12)20-22-15-8-7-14(21(3,4)5)11-17(15)29-20/h7-11H,1-6H3,(H,23,28). The summed E-state index contributed by atoms with van der Waals surface area (Å²) in [5.41, 5.74) is 4.34. The molecule has 7 nitrogen and oxygen atoms in total. The molecule has 29 heavy (non-hydrogen) atoms. The molecule has 1 aromatic carbocycles. The van der Waals surface area contributed by atoms with Crippen LogP contribution in [0.25, 0.3) is 15.3 Å². The third-order valence-corrected chi connectivity index (χ3v) is 5.84. The molecule has 0 aliphatic rings. The molecule has 1 N–H and O–H groups in total. The van der Waals surface area contributed by atoms with Gasteiger partial charge in [-0.15, -0.1) is 0 Å². The van der Waals surface area contributed by atoms with Crippen molar-refractivity contribution < 1.29 is 4.79 Å². The second-order valence-electron chi connectivity index (χ2n) is 8.26. The third-order valence-electron chi connectivity index (χ3n) is 4.84. The van der Waals surface area contributed by atoms with Crippen LogP contribution in [0.15, 0.2) is 30.3 Å². The zero-order valence-electron chi connectivity index (χ0n) is 17.4. The van der Waals surface area contributed by atoms with Crippen LogP contribution in [0.4, 0.5) is 5.82 Å². The first-order valence-corrected chi connectivity index (χ1v) is 10.2. The molecule has 4 rings (SSSR count). The number of hydrogen-bond acceptors (Lipinski definition) is 5. The zero-order chi connectivity index (χ0) is 20.9. The number of nitrogens with zero attached hydrogens (tertiary/aromatic N) is 5. The van der Waals surface area contributed by atoms with E-state index in [1.165, 1.54) is 5.56 Å². The van der Waals surface area contributed by atoms with E-state index in [1.54, 1.807) is 26.8 Å². The first-order chi connectivity index (χ1) is 13.6. The SMILES string of the molecule is Cc1cc(NC(=O)c2cc(C)n(C)n2)n(-c2nc3ccc(C(C)(C)C)cc3s2)n1. The maximum absolute atomic E-state index is 12.7. The lowest BCUT2D eigenvalue weighted by molar-refractivity contribution is 0.102. The van der Waals surface area contributed by atoms with Gasteiger partial charge in [0.1, 0.15) is 5.82 Å². The number of carbonyl (C=O) groups excluding carboxylic acids is 1. The normalized spacial score (nSPS) is 11.9. The van der Waals surface area contributed by atoms with Crippen molar-refractivity contribution in [1.82, 2.24) is 24.5 Å². The molecule has 3 aromatic heterocycles. The first-order valence-electron chi connectivity index (χ1n) is 9.42. The summed E-state index contributed by atoms with van der Waals surface area (Å²) in [6.07, 6.45) is 0. The second-order valence-corrected chi connectivity index (χ2v) is 9.27. The molecule has 0 saturated carbocycles. The lowest BCUT2D eigenvalue weighted by atomic mass is 9.87. The highest BCUT2D eigenvalue weighted by Crippen LogP contribution is 2.31. The summed E-state index contributed by atoms with van der Waals surface area (Å²) in [5, 5.41) is 12.4. The van der Waals surface area contributed by atoms with Crippen molar-refractivity contribution in [2.45, 2.75) is 40.0 Å². The van der Waals surface area contributed by atoms with Gasteiger partial charge in [0, 0.05) is 18.8 Å². The van der Waals surface area contributed by atoms with E-state index in [4.69, 9.17) is 4.98 Å². The fourth-order valence-electron chi connectivity index (χ4n) is 3.06. The van der Waals surface area contributed by atoms with Crippen LogP contribution >= 0.6 is 11.3 Å². The molecule has 0 spiro atoms. The maximum Gasteiger partial charge on any atom is 0.277 e. The van der Waals surface area contributed by atoms with E-state index in [1.807, 2.05) is 33.0 Å². The number of rotatable bonds is 3. The number of hydrogen-bond donors (Lipinski definition) is 1. The summed E-state index contributed by atoms with van der Waals surface area (Å²) in [4.78, 5) is 17.4. The van der Waals surface area contributed by atoms with Crippen LogP contribution in [-0.2, 0) is 12.5 Å². The molecule has 1 amide bonds. The van der Waals surface area contributed by atoms with Crippen LogP contribution in [0.1, 0.15) is 48.2 Å². The summed E-state index contributed by atoms with van der Waals surface area (Å²) in [7, 11) is 1.81. The molecule has 0 saturated heterocycles. The fourth-order valence-corrected chi connectivity index (χ4v) is 4.03. The van der Waals surface area contributed by atoms with E-state index >= 15 is 0 Å². The number of amides is 1. The number of aryl methyl sites for hydroxylation is 3. The molecule has 0 bridgehead atoms. The summed E-state index contributed by atoms with van der Waals surface area (Å²) in [6.45, 7) is 10.4. The van der Waals surface area contributed by atoms with Gasteiger partial charge in [0.25, 0.3) is 5.91 Å². The molecule has 0 aliphatic heterocycles. The highest BCUT2D eigenvalue weighted by atomic mass is 32.1. The van der Waals surface area contributed by atoms with Gasteiger partial charge < -0.3 is 5.32 Å². The van der Waals surface area contributed by atoms with Crippen molar-refractivity contribution in [3.63, 3.8) is 0 Å². The van der Waals surface area contributed by atoms with Crippen LogP contribution in [0.5, 0.6) is 0 Å². The van der Waals surface area contributed by atoms with Crippen LogP contribution in [0.2, 0.25) is 0 Å². The van der Waals surface area contributed by atoms with Crippen molar-refractivity contribution in [1.29, 1.82) is 0 Å². The molecule has 0 atom stereocenters. The fraction of sp³-hybridized carbons (Fsp3) is 0.333. The highest BCUT2D eigenvalue weighted by molar-refractivity contribution is 7.20. The minimum Gasteiger partial charge on any atom is -0.305 e. The van der Waals surface area contributed by atoms with Gasteiger partial charge in [0.05, 0.1) is 15.9 Å². The minimum absolute atomic E-state index is 0.0700. The minimum atomic E-state index is -0.272. The van der Waals surface area contributed by atoms with Gasteiger partial charge in [-0.05, 0) is 43.0 Å². The summed E-state index contributed by atoms with van der Waals surface area (Å²) in [5.74, 6) is 0.303. The number of benzene rings is 1. The predicted molar refractivity (Wildman–Crippen MR) is 116 cm³/mol. The Balaban J connectivity index is 1.70. The average Bonchev–Trinajstić information content (AvgIpc) is 3.30. The largest absolute Gasteiger partial charge is 0.305 e. The van der Waals surface area contributed by atoms with Gasteiger partial charge in [-0.25, -0.2) is 4.98 Å². The van der Waals surface area contributed by atoms with Crippen LogP contribution in [0.3, 0.4) is 0 Å². The van der Waals surface area contributed by atoms with Crippen molar-refractivity contribution in [2.24, 2.45) is 7.05 Å². The number of carbonyl (C=O) groups is 1. The topological polar surface area (TPSA) is 77.6 Å². The molecule has 0 fully saturated rings. The monoisotopic (exact) mass is 408 g/mol. The zero-order valence-corrected chi connectivity index (χ0v) is 18.3. The van der Waals surface area contributed by atoms with Gasteiger partial charge in [0.2, 0.25) is 5.13 Å². The Hall–Kier alpha value is -3.00. The quantitative estimate of drug-likeness (QED) is 0.546. The van der Waals surface area contributed by atoms with Crippen LogP contribution in [0, 0.1) is 13.8 Å². The number of anilines is 1. The van der Waals surface area contributed by atoms with Gasteiger partial charge >= 0.3 is 0 Å². The smallest absolute Gasteiger partial charge is 0.277 e. The van der Waals surface area contributed by atoms with E-state index in [2.05, 4.69) is 48.4 Å². The molecular formula is C21H24N6OS. The van der Waals surface area contributed by atoms with Crippen molar-refractivity contribution in [2.75, 3.05) is 5.32 Å². The Morgan fingerprint density at radius 2 is 1.86 bits per heavy atom. The van der Waals surface area contributed by atoms with Crippen molar-refractivity contribution in [3.8, 4) is 5.13 Å². The number of nitrogens with one attached hydrogen (secondary N) is 1. The molecule has 0 unspecified atom stereocenters.